The average molecular weight is 1490 g/mol. The van der Waals surface area contributed by atoms with E-state index in [1.807, 2.05) is 0 Å². The first kappa shape index (κ1) is 72.8. The van der Waals surface area contributed by atoms with Crippen LogP contribution in [0.25, 0.3) is 0 Å². The van der Waals surface area contributed by atoms with Crippen molar-refractivity contribution in [2.75, 3.05) is 71.2 Å². The summed E-state index contributed by atoms with van der Waals surface area (Å²) in [4.78, 5) is 56.0. The molecule has 0 bridgehead atoms. The van der Waals surface area contributed by atoms with Crippen LogP contribution in [0, 0.1) is 17.8 Å². The van der Waals surface area contributed by atoms with E-state index in [0.29, 0.717) is 70.5 Å². The van der Waals surface area contributed by atoms with Gasteiger partial charge in [0.05, 0.1) is 60.8 Å². The molecule has 3 amide bonds. The maximum Gasteiger partial charge on any atom is 0.471 e. The zero-order valence-corrected chi connectivity index (χ0v) is 57.7. The smallest absolute Gasteiger partial charge is 0.471 e. The van der Waals surface area contributed by atoms with E-state index in [4.69, 9.17) is 27.9 Å². The average Bonchev–Trinajstić information content (AvgIpc) is 1.55. The Bertz CT molecular complexity index is 4440. The van der Waals surface area contributed by atoms with Crippen molar-refractivity contribution in [3.8, 4) is 17.2 Å². The fourth-order valence-electron chi connectivity index (χ4n) is 13.1. The number of hydrogen-bond acceptors (Lipinski definition) is 21. The van der Waals surface area contributed by atoms with E-state index in [2.05, 4.69) is 36.7 Å². The molecular formula is C64H68F10N8O16S3. The predicted molar refractivity (Wildman–Crippen MR) is 329 cm³/mol. The van der Waals surface area contributed by atoms with Crippen molar-refractivity contribution < 1.29 is 116 Å². The van der Waals surface area contributed by atoms with Crippen LogP contribution in [-0.2, 0) is 68.3 Å². The quantitative estimate of drug-likeness (QED) is 0.0723. The first-order valence-corrected chi connectivity index (χ1v) is 37.4. The number of carbonyl (C=O) groups is 3. The summed E-state index contributed by atoms with van der Waals surface area (Å²) in [7, 11) is -10.9. The number of fused-ring (bicyclic) bond motifs is 3. The molecule has 4 saturated heterocycles. The molecule has 0 radical (unpaired) electrons. The molecule has 6 unspecified atom stereocenters. The summed E-state index contributed by atoms with van der Waals surface area (Å²) in [6.07, 6.45) is -4.81. The predicted octanol–water partition coefficient (Wildman–Crippen LogP) is 9.37. The van der Waals surface area contributed by atoms with Crippen molar-refractivity contribution in [2.45, 2.75) is 152 Å². The number of oxazole rings is 1. The molecule has 6 aromatic rings. The SMILES string of the molecule is CS(=O)(=O)c1ccc(O[C@@H]2CCOC2)c(C(=O)N2CC3CC3(c3noc(C(F)(F)F)n3)C2)c1.C[C@@H](Oc1ccc(S(C)(=O)=O)cc1C(=O)N1CC2CC2(c2noc(C3(C)CC3)n2)C1)C(C)(F)F.C[C@H](Oc1ccc(S(C)(=O)=O)cc1C(=O)N1CC2CC2(c2nc(C(F)(F)F)co2)C1)C(C)(F)F. The van der Waals surface area contributed by atoms with Crippen LogP contribution in [0.4, 0.5) is 43.9 Å². The summed E-state index contributed by atoms with van der Waals surface area (Å²) in [5.41, 5.74) is -3.51. The number of hydrogen-bond donors (Lipinski definition) is 0. The lowest BCUT2D eigenvalue weighted by molar-refractivity contribution is -0.159. The summed E-state index contributed by atoms with van der Waals surface area (Å²) in [6, 6.07) is 11.2. The van der Waals surface area contributed by atoms with Gasteiger partial charge in [-0.3, -0.25) is 14.4 Å². The number of halogens is 10. The number of piperidine rings is 3. The molecule has 37 heteroatoms. The standard InChI is InChI=1S/C23H27F2N3O5S.C21H21F5N2O5S.C20H20F3N3O6S/c1-13(22(3,24)25)32-17-6-5-15(34(4,30)31)9-16(17)18(29)28-11-14-10-23(14,12-28)19-26-20(33-27-19)21(2)7-8-21;1-11(19(2,22)23)33-15-5-4-13(34(3,30)31)6-14(15)17(29)28-8-12-7-20(12,10-28)18-27-16(9-32-18)21(24,25)26;1-33(28,29)13-2-3-15(31-12-4-5-30-9-12)14(6-13)16(27)26-8-11-7-19(11,10-26)17-24-18(32-25-17)20(21,22)23/h5-6,9,13-14H,7-8,10-12H2,1-4H3;4-6,9,11-12H,7-8,10H2,1-3H3;2-3,6,11-12H,4-5,7-10H2,1H3/t13-,14?,23?;11-,12?,20?;11?,12-,19?/m101/s1. The maximum absolute atomic E-state index is 13.8. The normalized spacial score (nSPS) is 25.5. The summed E-state index contributed by atoms with van der Waals surface area (Å²) < 4.78 is 241. The third kappa shape index (κ3) is 14.6. The minimum atomic E-state index is -4.75. The Balaban J connectivity index is 0.000000143. The van der Waals surface area contributed by atoms with Crippen LogP contribution in [0.15, 0.2) is 89.0 Å². The van der Waals surface area contributed by atoms with E-state index < -0.39 is 106 Å². The van der Waals surface area contributed by atoms with E-state index in [1.165, 1.54) is 53.1 Å². The van der Waals surface area contributed by atoms with Gasteiger partial charge in [-0.1, -0.05) is 17.2 Å². The molecule has 24 nitrogen and oxygen atoms in total. The van der Waals surface area contributed by atoms with Gasteiger partial charge in [0.15, 0.2) is 59.1 Å². The maximum atomic E-state index is 13.8. The first-order chi connectivity index (χ1) is 46.7. The van der Waals surface area contributed by atoms with Crippen molar-refractivity contribution in [1.29, 1.82) is 0 Å². The van der Waals surface area contributed by atoms with Gasteiger partial charge in [0, 0.05) is 83.7 Å². The second-order valence-corrected chi connectivity index (χ2v) is 34.0. The Morgan fingerprint density at radius 2 is 0.980 bits per heavy atom. The molecule has 4 saturated carbocycles. The van der Waals surface area contributed by atoms with E-state index in [9.17, 15) is 83.5 Å². The Morgan fingerprint density at radius 3 is 1.38 bits per heavy atom. The highest BCUT2D eigenvalue weighted by molar-refractivity contribution is 7.91. The minimum Gasteiger partial charge on any atom is -0.487 e. The lowest BCUT2D eigenvalue weighted by Crippen LogP contribution is -2.35. The van der Waals surface area contributed by atoms with Gasteiger partial charge in [-0.2, -0.15) is 36.3 Å². The van der Waals surface area contributed by atoms with E-state index in [0.717, 1.165) is 70.1 Å². The van der Waals surface area contributed by atoms with Gasteiger partial charge in [-0.05, 0) is 118 Å². The number of ether oxygens (including phenoxy) is 4. The van der Waals surface area contributed by atoms with Gasteiger partial charge in [-0.15, -0.1) is 0 Å². The number of aromatic nitrogens is 5. The Morgan fingerprint density at radius 1 is 0.564 bits per heavy atom. The molecule has 101 heavy (non-hydrogen) atoms. The van der Waals surface area contributed by atoms with Crippen molar-refractivity contribution >= 4 is 47.2 Å². The Kier molecular flexibility index (Phi) is 18.0. The first-order valence-electron chi connectivity index (χ1n) is 31.8. The highest BCUT2D eigenvalue weighted by Crippen LogP contribution is 2.62. The van der Waals surface area contributed by atoms with Crippen molar-refractivity contribution in [1.82, 2.24) is 40.0 Å². The lowest BCUT2D eigenvalue weighted by atomic mass is 10.1. The third-order valence-corrected chi connectivity index (χ3v) is 23.4. The summed E-state index contributed by atoms with van der Waals surface area (Å²) >= 11 is 0. The lowest BCUT2D eigenvalue weighted by Gasteiger charge is -2.25. The van der Waals surface area contributed by atoms with Gasteiger partial charge in [0.2, 0.25) is 11.8 Å². The number of alkyl halides is 10. The summed E-state index contributed by atoms with van der Waals surface area (Å²) in [6.45, 7) is 7.94. The van der Waals surface area contributed by atoms with Crippen LogP contribution in [0.1, 0.15) is 139 Å². The third-order valence-electron chi connectivity index (χ3n) is 20.1. The fourth-order valence-corrected chi connectivity index (χ4v) is 15.0. The molecule has 3 aromatic heterocycles. The zero-order valence-electron chi connectivity index (χ0n) is 55.3. The summed E-state index contributed by atoms with van der Waals surface area (Å²) in [5.74, 6) is -8.64. The number of likely N-dealkylation sites (tertiary alicyclic amines) is 3. The van der Waals surface area contributed by atoms with Crippen LogP contribution in [0.5, 0.6) is 17.2 Å². The molecule has 9 atom stereocenters. The monoisotopic (exact) mass is 1490 g/mol. The number of carbonyl (C=O) groups excluding carboxylic acids is 3. The minimum absolute atomic E-state index is 0.0175. The number of sulfone groups is 3. The van der Waals surface area contributed by atoms with E-state index >= 15 is 0 Å². The topological polar surface area (TPSA) is 304 Å². The van der Waals surface area contributed by atoms with E-state index in [1.54, 1.807) is 4.90 Å². The van der Waals surface area contributed by atoms with E-state index in [-0.39, 0.29) is 121 Å². The largest absolute Gasteiger partial charge is 0.487 e. The molecule has 0 spiro atoms. The van der Waals surface area contributed by atoms with Gasteiger partial charge in [0.1, 0.15) is 29.6 Å². The van der Waals surface area contributed by atoms with Crippen LogP contribution in [0.3, 0.4) is 0 Å². The molecular weight excluding hydrogens is 1420 g/mol. The Hall–Kier alpha value is -7.93. The van der Waals surface area contributed by atoms with Crippen molar-refractivity contribution in [3.05, 3.63) is 113 Å². The van der Waals surface area contributed by atoms with Crippen LogP contribution >= 0.6 is 0 Å². The highest BCUT2D eigenvalue weighted by Gasteiger charge is 2.68. The molecule has 8 fully saturated rings. The van der Waals surface area contributed by atoms with Crippen molar-refractivity contribution in [2.24, 2.45) is 17.8 Å². The Labute approximate surface area is 571 Å². The second kappa shape index (κ2) is 24.9. The fraction of sp³-hybridized carbons (Fsp3) is 0.562. The molecule has 14 rings (SSSR count). The summed E-state index contributed by atoms with van der Waals surface area (Å²) in [5, 5.41) is 7.72. The van der Waals surface area contributed by atoms with Crippen LogP contribution in [-0.4, -0.2) is 184 Å². The number of rotatable bonds is 18. The van der Waals surface area contributed by atoms with Gasteiger partial charge < -0.3 is 47.1 Å². The molecule has 8 aliphatic rings. The number of nitrogens with zero attached hydrogens (tertiary/aromatic N) is 8. The van der Waals surface area contributed by atoms with Crippen molar-refractivity contribution in [3.63, 3.8) is 0 Å². The molecule has 3 aromatic carbocycles. The number of benzene rings is 3. The second-order valence-electron chi connectivity index (χ2n) is 28.0. The van der Waals surface area contributed by atoms with Gasteiger partial charge in [-0.25, -0.2) is 47.8 Å². The van der Waals surface area contributed by atoms with Crippen LogP contribution in [0.2, 0.25) is 0 Å². The van der Waals surface area contributed by atoms with Gasteiger partial charge >= 0.3 is 18.2 Å². The molecule has 4 aliphatic carbocycles. The van der Waals surface area contributed by atoms with Gasteiger partial charge in [0.25, 0.3) is 29.6 Å². The molecule has 7 heterocycles. The molecule has 4 aliphatic heterocycles. The zero-order chi connectivity index (χ0) is 73.5. The molecule has 548 valence electrons. The highest BCUT2D eigenvalue weighted by atomic mass is 32.2. The van der Waals surface area contributed by atoms with Crippen LogP contribution < -0.4 is 14.2 Å². The number of amides is 3. The molecule has 0 N–H and O–H groups in total.